The summed E-state index contributed by atoms with van der Waals surface area (Å²) in [6.07, 6.45) is 0.778. The molecule has 0 bridgehead atoms. The Labute approximate surface area is 198 Å². The number of rotatable bonds is 9. The summed E-state index contributed by atoms with van der Waals surface area (Å²) in [5.74, 6) is 0.576. The molecule has 0 radical (unpaired) electrons. The summed E-state index contributed by atoms with van der Waals surface area (Å²) in [5, 5.41) is 9.17. The molecule has 2 aromatic rings. The van der Waals surface area contributed by atoms with Crippen LogP contribution >= 0.6 is 24.0 Å². The van der Waals surface area contributed by atoms with Gasteiger partial charge in [0.1, 0.15) is 5.75 Å². The molecule has 0 aliphatic carbocycles. The average Bonchev–Trinajstić information content (AvgIpc) is 2.74. The second kappa shape index (κ2) is 13.8. The van der Waals surface area contributed by atoms with E-state index in [-0.39, 0.29) is 48.1 Å². The smallest absolute Gasteiger partial charge is 0.387 e. The molecule has 0 aliphatic rings. The third-order valence-corrected chi connectivity index (χ3v) is 4.57. The Bertz CT molecular complexity index is 865. The first-order valence-corrected chi connectivity index (χ1v) is 9.80. The predicted molar refractivity (Wildman–Crippen MR) is 130 cm³/mol. The van der Waals surface area contributed by atoms with Crippen LogP contribution in [0.4, 0.5) is 14.5 Å². The molecule has 1 atom stereocenters. The summed E-state index contributed by atoms with van der Waals surface area (Å²) in [6.45, 7) is 1.73. The number of nitrogens with zero attached hydrogens (tertiary/aromatic N) is 1. The van der Waals surface area contributed by atoms with Gasteiger partial charge in [0.05, 0.1) is 0 Å². The number of carbonyl (C=O) groups is 1. The highest BCUT2D eigenvalue weighted by molar-refractivity contribution is 14.0. The molecule has 31 heavy (non-hydrogen) atoms. The molecular weight excluding hydrogens is 517 g/mol. The SMILES string of the molecule is CCC(C)C(=O)Nc1cccc(CNC(=NC)NCc2ccccc2OC(F)F)c1.I. The van der Waals surface area contributed by atoms with Crippen LogP contribution in [0.25, 0.3) is 0 Å². The van der Waals surface area contributed by atoms with Crippen LogP contribution in [0, 0.1) is 5.92 Å². The lowest BCUT2D eigenvalue weighted by molar-refractivity contribution is -0.119. The van der Waals surface area contributed by atoms with E-state index in [9.17, 15) is 13.6 Å². The van der Waals surface area contributed by atoms with E-state index in [4.69, 9.17) is 0 Å². The van der Waals surface area contributed by atoms with E-state index >= 15 is 0 Å². The van der Waals surface area contributed by atoms with E-state index in [1.165, 1.54) is 6.07 Å². The van der Waals surface area contributed by atoms with Crippen molar-refractivity contribution in [2.75, 3.05) is 12.4 Å². The summed E-state index contributed by atoms with van der Waals surface area (Å²) in [4.78, 5) is 16.2. The normalized spacial score (nSPS) is 12.0. The maximum absolute atomic E-state index is 12.5. The predicted octanol–water partition coefficient (Wildman–Crippen LogP) is 4.76. The molecule has 2 aromatic carbocycles. The van der Waals surface area contributed by atoms with Crippen LogP contribution in [0.2, 0.25) is 0 Å². The summed E-state index contributed by atoms with van der Waals surface area (Å²) in [5.41, 5.74) is 2.29. The highest BCUT2D eigenvalue weighted by Gasteiger charge is 2.11. The summed E-state index contributed by atoms with van der Waals surface area (Å²) in [7, 11) is 1.62. The Kier molecular flexibility index (Phi) is 11.8. The monoisotopic (exact) mass is 546 g/mol. The Morgan fingerprint density at radius 1 is 1.10 bits per heavy atom. The maximum atomic E-state index is 12.5. The second-order valence-corrected chi connectivity index (χ2v) is 6.76. The molecule has 0 heterocycles. The molecule has 1 unspecified atom stereocenters. The third kappa shape index (κ3) is 9.07. The summed E-state index contributed by atoms with van der Waals surface area (Å²) in [6, 6.07) is 14.2. The number of para-hydroxylation sites is 1. The van der Waals surface area contributed by atoms with Gasteiger partial charge in [-0.25, -0.2) is 0 Å². The fourth-order valence-electron chi connectivity index (χ4n) is 2.66. The third-order valence-electron chi connectivity index (χ3n) is 4.57. The Hall–Kier alpha value is -2.43. The molecule has 170 valence electrons. The number of benzene rings is 2. The van der Waals surface area contributed by atoms with Crippen molar-refractivity contribution in [1.82, 2.24) is 10.6 Å². The number of hydrogen-bond donors (Lipinski definition) is 3. The molecule has 1 amide bonds. The van der Waals surface area contributed by atoms with Gasteiger partial charge in [-0.05, 0) is 30.2 Å². The quantitative estimate of drug-likeness (QED) is 0.241. The van der Waals surface area contributed by atoms with Gasteiger partial charge in [0, 0.05) is 37.3 Å². The minimum absolute atomic E-state index is 0. The summed E-state index contributed by atoms with van der Waals surface area (Å²) >= 11 is 0. The zero-order valence-electron chi connectivity index (χ0n) is 17.8. The van der Waals surface area contributed by atoms with Crippen LogP contribution in [-0.4, -0.2) is 25.5 Å². The van der Waals surface area contributed by atoms with E-state index in [1.54, 1.807) is 25.2 Å². The minimum Gasteiger partial charge on any atom is -0.434 e. The van der Waals surface area contributed by atoms with E-state index in [0.29, 0.717) is 18.1 Å². The van der Waals surface area contributed by atoms with Gasteiger partial charge in [0.15, 0.2) is 5.96 Å². The van der Waals surface area contributed by atoms with E-state index in [2.05, 4.69) is 25.7 Å². The zero-order valence-corrected chi connectivity index (χ0v) is 20.2. The van der Waals surface area contributed by atoms with Crippen LogP contribution in [0.1, 0.15) is 31.4 Å². The largest absolute Gasteiger partial charge is 0.434 e. The number of alkyl halides is 2. The zero-order chi connectivity index (χ0) is 21.9. The lowest BCUT2D eigenvalue weighted by atomic mass is 10.1. The van der Waals surface area contributed by atoms with Crippen molar-refractivity contribution in [3.8, 4) is 5.75 Å². The molecule has 0 saturated heterocycles. The lowest BCUT2D eigenvalue weighted by Crippen LogP contribution is -2.36. The van der Waals surface area contributed by atoms with Crippen molar-refractivity contribution in [2.24, 2.45) is 10.9 Å². The molecule has 9 heteroatoms. The molecule has 0 saturated carbocycles. The Morgan fingerprint density at radius 2 is 1.81 bits per heavy atom. The van der Waals surface area contributed by atoms with E-state index in [1.807, 2.05) is 38.1 Å². The molecule has 0 aromatic heterocycles. The first-order chi connectivity index (χ1) is 14.4. The lowest BCUT2D eigenvalue weighted by Gasteiger charge is -2.15. The van der Waals surface area contributed by atoms with E-state index in [0.717, 1.165) is 17.7 Å². The van der Waals surface area contributed by atoms with E-state index < -0.39 is 6.61 Å². The van der Waals surface area contributed by atoms with Crippen molar-refractivity contribution in [1.29, 1.82) is 0 Å². The van der Waals surface area contributed by atoms with Gasteiger partial charge in [-0.3, -0.25) is 9.79 Å². The number of ether oxygens (including phenoxy) is 1. The molecule has 0 fully saturated rings. The Morgan fingerprint density at radius 3 is 2.48 bits per heavy atom. The first kappa shape index (κ1) is 26.6. The number of aliphatic imine (C=N–C) groups is 1. The number of nitrogens with one attached hydrogen (secondary N) is 3. The van der Waals surface area contributed by atoms with Gasteiger partial charge >= 0.3 is 6.61 Å². The van der Waals surface area contributed by atoms with Crippen molar-refractivity contribution in [3.63, 3.8) is 0 Å². The molecule has 0 aliphatic heterocycles. The average molecular weight is 546 g/mol. The van der Waals surface area contributed by atoms with Crippen molar-refractivity contribution >= 4 is 41.5 Å². The van der Waals surface area contributed by atoms with Crippen molar-refractivity contribution in [2.45, 2.75) is 40.0 Å². The number of carbonyl (C=O) groups excluding carboxylic acids is 1. The van der Waals surface area contributed by atoms with Gasteiger partial charge in [-0.2, -0.15) is 8.78 Å². The second-order valence-electron chi connectivity index (χ2n) is 6.76. The van der Waals surface area contributed by atoms with Crippen LogP contribution in [0.5, 0.6) is 5.75 Å². The number of anilines is 1. The molecule has 3 N–H and O–H groups in total. The molecule has 2 rings (SSSR count). The highest BCUT2D eigenvalue weighted by atomic mass is 127. The van der Waals surface area contributed by atoms with Gasteiger partial charge in [-0.1, -0.05) is 44.2 Å². The Balaban J connectivity index is 0.00000480. The summed E-state index contributed by atoms with van der Waals surface area (Å²) < 4.78 is 29.6. The van der Waals surface area contributed by atoms with Crippen molar-refractivity contribution in [3.05, 3.63) is 59.7 Å². The van der Waals surface area contributed by atoms with Crippen LogP contribution < -0.4 is 20.7 Å². The van der Waals surface area contributed by atoms with Crippen molar-refractivity contribution < 1.29 is 18.3 Å². The topological polar surface area (TPSA) is 74.8 Å². The maximum Gasteiger partial charge on any atom is 0.387 e. The number of amides is 1. The number of guanidine groups is 1. The van der Waals surface area contributed by atoms with Crippen LogP contribution in [0.15, 0.2) is 53.5 Å². The van der Waals surface area contributed by atoms with Gasteiger partial charge < -0.3 is 20.7 Å². The molecule has 0 spiro atoms. The molecular formula is C22H29F2IN4O2. The fraction of sp³-hybridized carbons (Fsp3) is 0.364. The van der Waals surface area contributed by atoms with Gasteiger partial charge in [-0.15, -0.1) is 24.0 Å². The molecule has 6 nitrogen and oxygen atoms in total. The van der Waals surface area contributed by atoms with Crippen LogP contribution in [0.3, 0.4) is 0 Å². The fourth-order valence-corrected chi connectivity index (χ4v) is 2.66. The number of hydrogen-bond acceptors (Lipinski definition) is 3. The highest BCUT2D eigenvalue weighted by Crippen LogP contribution is 2.20. The first-order valence-electron chi connectivity index (χ1n) is 9.80. The minimum atomic E-state index is -2.88. The van der Waals surface area contributed by atoms with Gasteiger partial charge in [0.25, 0.3) is 0 Å². The standard InChI is InChI=1S/C22H28F2N4O2.HI/c1-4-15(2)20(29)28-18-10-7-8-16(12-18)13-26-22(25-3)27-14-17-9-5-6-11-19(17)30-21(23)24;/h5-12,15,21H,4,13-14H2,1-3H3,(H,28,29)(H2,25,26,27);1H. The van der Waals surface area contributed by atoms with Crippen LogP contribution in [-0.2, 0) is 17.9 Å². The van der Waals surface area contributed by atoms with Gasteiger partial charge in [0.2, 0.25) is 5.91 Å². The number of halogens is 3.